The van der Waals surface area contributed by atoms with Gasteiger partial charge in [0.05, 0.1) is 0 Å². The maximum atomic E-state index is 9.23. The van der Waals surface area contributed by atoms with E-state index in [0.29, 0.717) is 0 Å². The van der Waals surface area contributed by atoms with Crippen molar-refractivity contribution in [2.24, 2.45) is 0 Å². The zero-order valence-corrected chi connectivity index (χ0v) is 17.3. The van der Waals surface area contributed by atoms with Crippen LogP contribution in [0, 0.1) is 6.08 Å². The molecule has 1 nitrogen and oxygen atoms in total. The summed E-state index contributed by atoms with van der Waals surface area (Å²) in [7, 11) is 0. The predicted octanol–water partition coefficient (Wildman–Crippen LogP) is -1.78. The summed E-state index contributed by atoms with van der Waals surface area (Å²) in [4.78, 5) is 0. The number of aliphatic hydroxyl groups excluding tert-OH is 1. The second kappa shape index (κ2) is 9.79. The Morgan fingerprint density at radius 3 is 2.52 bits per heavy atom. The van der Waals surface area contributed by atoms with Crippen molar-refractivity contribution in [1.82, 2.24) is 0 Å². The van der Waals surface area contributed by atoms with Gasteiger partial charge in [-0.25, -0.2) is 0 Å². The molecule has 4 heteroatoms. The summed E-state index contributed by atoms with van der Waals surface area (Å²) >= 11 is 0. The van der Waals surface area contributed by atoms with Gasteiger partial charge in [0.1, 0.15) is 0 Å². The summed E-state index contributed by atoms with van der Waals surface area (Å²) in [6, 6.07) is 8.45. The second-order valence-corrected chi connectivity index (χ2v) is 5.50. The molecule has 0 unspecified atom stereocenters. The standard InChI is InChI=1S/C19H19O.2ClH.Zr/c1-13(2)19-17-8-4-3-6-15(17)12-18(19)16-9-5-7-14(16)10-11-20;;;/h3-8,20H,9-11H2,1-2H3;2*1H;/q-1;;;+3/p-2. The van der Waals surface area contributed by atoms with Crippen molar-refractivity contribution >= 4 is 5.57 Å². The van der Waals surface area contributed by atoms with Crippen LogP contribution in [0.25, 0.3) is 5.57 Å². The first-order chi connectivity index (χ1) is 9.72. The normalized spacial score (nSPS) is 14.6. The molecule has 0 saturated heterocycles. The average molecular weight is 425 g/mol. The van der Waals surface area contributed by atoms with Gasteiger partial charge in [-0.05, 0) is 12.8 Å². The van der Waals surface area contributed by atoms with Crippen molar-refractivity contribution < 1.29 is 56.1 Å². The van der Waals surface area contributed by atoms with Crippen molar-refractivity contribution in [3.63, 3.8) is 0 Å². The molecular weight excluding hydrogens is 406 g/mol. The van der Waals surface area contributed by atoms with E-state index in [2.05, 4.69) is 56.3 Å². The molecule has 0 amide bonds. The molecule has 0 aliphatic heterocycles. The van der Waals surface area contributed by atoms with Crippen LogP contribution in [0.5, 0.6) is 0 Å². The fraction of sp³-hybridized carbons (Fsp3) is 0.263. The fourth-order valence-corrected chi connectivity index (χ4v) is 3.06. The molecule has 0 aromatic heterocycles. The van der Waals surface area contributed by atoms with Crippen molar-refractivity contribution in [2.75, 3.05) is 6.61 Å². The van der Waals surface area contributed by atoms with Crippen LogP contribution in [-0.4, -0.2) is 11.7 Å². The van der Waals surface area contributed by atoms with E-state index in [9.17, 15) is 5.11 Å². The van der Waals surface area contributed by atoms with Crippen LogP contribution in [0.15, 0.2) is 58.7 Å². The zero-order valence-electron chi connectivity index (χ0n) is 13.3. The monoisotopic (exact) mass is 423 g/mol. The number of benzene rings is 1. The summed E-state index contributed by atoms with van der Waals surface area (Å²) in [6.45, 7) is 4.52. The van der Waals surface area contributed by atoms with Crippen molar-refractivity contribution in [2.45, 2.75) is 26.7 Å². The van der Waals surface area contributed by atoms with Gasteiger partial charge in [0.15, 0.2) is 0 Å². The molecule has 1 N–H and O–H groups in total. The number of fused-ring (bicyclic) bond motifs is 1. The third kappa shape index (κ3) is 4.37. The maximum Gasteiger partial charge on any atom is 3.00 e. The van der Waals surface area contributed by atoms with Gasteiger partial charge >= 0.3 is 26.2 Å². The first kappa shape index (κ1) is 22.6. The van der Waals surface area contributed by atoms with Gasteiger partial charge in [-0.3, -0.25) is 0 Å². The van der Waals surface area contributed by atoms with Crippen LogP contribution in [0.3, 0.4) is 0 Å². The van der Waals surface area contributed by atoms with Crippen LogP contribution in [0.4, 0.5) is 0 Å². The Bertz CT molecular complexity index is 680. The number of aliphatic hydroxyl groups is 1. The molecule has 1 aromatic rings. The largest absolute Gasteiger partial charge is 3.00 e. The van der Waals surface area contributed by atoms with E-state index in [1.54, 1.807) is 0 Å². The molecule has 119 valence electrons. The summed E-state index contributed by atoms with van der Waals surface area (Å²) in [5, 5.41) is 9.23. The van der Waals surface area contributed by atoms with Crippen molar-refractivity contribution in [1.29, 1.82) is 0 Å². The van der Waals surface area contributed by atoms with E-state index >= 15 is 0 Å². The SMILES string of the molecule is CC(C)=C1C(C2=C(CCO)C=CC2)=[C-]c2ccccc21.[Cl-].[Cl-].[Zr+3]. The summed E-state index contributed by atoms with van der Waals surface area (Å²) in [5.41, 5.74) is 8.90. The summed E-state index contributed by atoms with van der Waals surface area (Å²) in [6.07, 6.45) is 9.57. The quantitative estimate of drug-likeness (QED) is 0.568. The van der Waals surface area contributed by atoms with Crippen LogP contribution in [0.2, 0.25) is 0 Å². The Morgan fingerprint density at radius 1 is 1.17 bits per heavy atom. The maximum absolute atomic E-state index is 9.23. The van der Waals surface area contributed by atoms with Crippen LogP contribution in [0.1, 0.15) is 37.8 Å². The topological polar surface area (TPSA) is 20.2 Å². The Labute approximate surface area is 170 Å². The van der Waals surface area contributed by atoms with Gasteiger partial charge in [0, 0.05) is 6.61 Å². The van der Waals surface area contributed by atoms with E-state index in [1.165, 1.54) is 39.0 Å². The van der Waals surface area contributed by atoms with Gasteiger partial charge in [-0.15, -0.1) is 40.0 Å². The number of halogens is 2. The minimum atomic E-state index is 0. The molecule has 0 saturated carbocycles. The molecule has 0 spiro atoms. The average Bonchev–Trinajstić information content (AvgIpc) is 3.01. The minimum Gasteiger partial charge on any atom is -1.00 e. The molecule has 23 heavy (non-hydrogen) atoms. The third-order valence-electron chi connectivity index (χ3n) is 3.92. The van der Waals surface area contributed by atoms with E-state index in [4.69, 9.17) is 0 Å². The molecule has 2 aliphatic carbocycles. The first-order valence-corrected chi connectivity index (χ1v) is 7.13. The molecular formula is C19H19Cl2OZr. The van der Waals surface area contributed by atoms with Crippen molar-refractivity contribution in [3.05, 3.63) is 75.9 Å². The van der Waals surface area contributed by atoms with Gasteiger partial charge in [0.25, 0.3) is 0 Å². The number of allylic oxidation sites excluding steroid dienone is 6. The zero-order chi connectivity index (χ0) is 14.1. The molecule has 0 fully saturated rings. The van der Waals surface area contributed by atoms with E-state index < -0.39 is 0 Å². The Balaban J connectivity index is 0.00000161. The predicted molar refractivity (Wildman–Crippen MR) is 83.1 cm³/mol. The van der Waals surface area contributed by atoms with Crippen molar-refractivity contribution in [3.8, 4) is 0 Å². The van der Waals surface area contributed by atoms with Crippen LogP contribution < -0.4 is 24.8 Å². The summed E-state index contributed by atoms with van der Waals surface area (Å²) < 4.78 is 0. The molecule has 2 aliphatic rings. The smallest absolute Gasteiger partial charge is 1.00 e. The van der Waals surface area contributed by atoms with E-state index in [0.717, 1.165) is 12.8 Å². The second-order valence-electron chi connectivity index (χ2n) is 5.50. The van der Waals surface area contributed by atoms with Gasteiger partial charge in [-0.1, -0.05) is 55.3 Å². The Morgan fingerprint density at radius 2 is 1.87 bits per heavy atom. The molecule has 1 radical (unpaired) electrons. The van der Waals surface area contributed by atoms with Gasteiger partial charge < -0.3 is 29.9 Å². The third-order valence-corrected chi connectivity index (χ3v) is 3.92. The molecule has 0 bridgehead atoms. The van der Waals surface area contributed by atoms with Gasteiger partial charge in [-0.2, -0.15) is 0 Å². The minimum absolute atomic E-state index is 0. The molecule has 0 atom stereocenters. The molecule has 1 aromatic carbocycles. The summed E-state index contributed by atoms with van der Waals surface area (Å²) in [5.74, 6) is 0. The number of hydrogen-bond acceptors (Lipinski definition) is 1. The molecule has 3 rings (SSSR count). The number of hydrogen-bond donors (Lipinski definition) is 1. The van der Waals surface area contributed by atoms with E-state index in [-0.39, 0.29) is 57.6 Å². The Kier molecular flexibility index (Phi) is 9.62. The fourth-order valence-electron chi connectivity index (χ4n) is 3.06. The van der Waals surface area contributed by atoms with Gasteiger partial charge in [0.2, 0.25) is 0 Å². The number of rotatable bonds is 3. The van der Waals surface area contributed by atoms with Crippen LogP contribution in [-0.2, 0) is 26.2 Å². The Hall–Kier alpha value is -0.397. The van der Waals surface area contributed by atoms with E-state index in [1.807, 2.05) is 0 Å². The first-order valence-electron chi connectivity index (χ1n) is 7.13. The van der Waals surface area contributed by atoms with Crippen LogP contribution >= 0.6 is 0 Å². The molecule has 0 heterocycles.